The fraction of sp³-hybridized carbons (Fsp3) is 0.600. The van der Waals surface area contributed by atoms with E-state index in [0.717, 1.165) is 31.6 Å². The Hall–Kier alpha value is -1.75. The number of hydrogen-bond donors (Lipinski definition) is 1. The number of carbonyl (C=O) groups is 2. The summed E-state index contributed by atoms with van der Waals surface area (Å²) in [4.78, 5) is 26.1. The maximum atomic E-state index is 12.4. The molecule has 1 aliphatic carbocycles. The van der Waals surface area contributed by atoms with Crippen molar-refractivity contribution in [3.63, 3.8) is 0 Å². The molecule has 1 unspecified atom stereocenters. The van der Waals surface area contributed by atoms with Gasteiger partial charge in [0.2, 0.25) is 5.91 Å². The first kappa shape index (κ1) is 19.0. The number of carbonyl (C=O) groups excluding carboxylic acids is 2. The molecule has 2 fully saturated rings. The number of benzene rings is 1. The van der Waals surface area contributed by atoms with Gasteiger partial charge in [0, 0.05) is 16.6 Å². The van der Waals surface area contributed by atoms with Gasteiger partial charge in [-0.25, -0.2) is 4.79 Å². The Labute approximate surface area is 160 Å². The molecule has 0 bridgehead atoms. The molecule has 1 saturated heterocycles. The number of nitrogens with one attached hydrogen (secondary N) is 1. The van der Waals surface area contributed by atoms with Crippen molar-refractivity contribution in [2.45, 2.75) is 45.6 Å². The third-order valence-corrected chi connectivity index (χ3v) is 5.82. The van der Waals surface area contributed by atoms with Crippen LogP contribution in [-0.4, -0.2) is 31.2 Å². The average molecular weight is 379 g/mol. The van der Waals surface area contributed by atoms with Gasteiger partial charge >= 0.3 is 6.09 Å². The highest BCUT2D eigenvalue weighted by Gasteiger charge is 2.33. The summed E-state index contributed by atoms with van der Waals surface area (Å²) in [5, 5.41) is 3.55. The Kier molecular flexibility index (Phi) is 6.07. The molecular formula is C20H27ClN2O3. The highest BCUT2D eigenvalue weighted by molar-refractivity contribution is 6.30. The van der Waals surface area contributed by atoms with Crippen LogP contribution in [0.4, 0.5) is 10.5 Å². The van der Waals surface area contributed by atoms with E-state index in [1.54, 1.807) is 23.1 Å². The van der Waals surface area contributed by atoms with E-state index in [4.69, 9.17) is 16.3 Å². The monoisotopic (exact) mass is 378 g/mol. The molecule has 142 valence electrons. The average Bonchev–Trinajstić information content (AvgIpc) is 3.00. The van der Waals surface area contributed by atoms with Crippen LogP contribution >= 0.6 is 11.6 Å². The maximum Gasteiger partial charge on any atom is 0.414 e. The van der Waals surface area contributed by atoms with Crippen LogP contribution in [0.1, 0.15) is 39.5 Å². The van der Waals surface area contributed by atoms with Crippen molar-refractivity contribution in [1.82, 2.24) is 5.32 Å². The van der Waals surface area contributed by atoms with Gasteiger partial charge in [-0.2, -0.15) is 0 Å². The number of rotatable bonds is 5. The van der Waals surface area contributed by atoms with Crippen LogP contribution < -0.4 is 10.2 Å². The lowest BCUT2D eigenvalue weighted by molar-refractivity contribution is -0.126. The lowest BCUT2D eigenvalue weighted by atomic mass is 9.77. The molecule has 2 aliphatic rings. The SMILES string of the molecule is CC(C)C1CCC(C(=O)NCC2CN(c3cccc(Cl)c3)C(=O)O2)CC1. The van der Waals surface area contributed by atoms with Crippen molar-refractivity contribution in [1.29, 1.82) is 0 Å². The van der Waals surface area contributed by atoms with Gasteiger partial charge < -0.3 is 10.1 Å². The second kappa shape index (κ2) is 8.30. The van der Waals surface area contributed by atoms with Crippen molar-refractivity contribution >= 4 is 29.3 Å². The van der Waals surface area contributed by atoms with E-state index in [1.165, 1.54) is 0 Å². The highest BCUT2D eigenvalue weighted by atomic mass is 35.5. The molecule has 6 heteroatoms. The molecular weight excluding hydrogens is 352 g/mol. The van der Waals surface area contributed by atoms with Crippen LogP contribution in [0.5, 0.6) is 0 Å². The Bertz CT molecular complexity index is 656. The minimum absolute atomic E-state index is 0.0875. The zero-order chi connectivity index (χ0) is 18.7. The van der Waals surface area contributed by atoms with E-state index in [-0.39, 0.29) is 17.9 Å². The number of hydrogen-bond acceptors (Lipinski definition) is 3. The first-order valence-corrected chi connectivity index (χ1v) is 9.83. The maximum absolute atomic E-state index is 12.4. The van der Waals surface area contributed by atoms with E-state index in [0.29, 0.717) is 29.7 Å². The number of cyclic esters (lactones) is 1. The Balaban J connectivity index is 1.47. The fourth-order valence-electron chi connectivity index (χ4n) is 3.89. The molecule has 0 radical (unpaired) electrons. The van der Waals surface area contributed by atoms with Crippen molar-refractivity contribution in [2.24, 2.45) is 17.8 Å². The van der Waals surface area contributed by atoms with Crippen molar-refractivity contribution in [2.75, 3.05) is 18.0 Å². The number of ether oxygens (including phenoxy) is 1. The molecule has 1 saturated carbocycles. The van der Waals surface area contributed by atoms with Gasteiger partial charge in [0.05, 0.1) is 13.1 Å². The van der Waals surface area contributed by atoms with Crippen LogP contribution in [-0.2, 0) is 9.53 Å². The van der Waals surface area contributed by atoms with Gasteiger partial charge in [0.15, 0.2) is 0 Å². The van der Waals surface area contributed by atoms with Crippen LogP contribution in [0.25, 0.3) is 0 Å². The molecule has 26 heavy (non-hydrogen) atoms. The van der Waals surface area contributed by atoms with Crippen LogP contribution in [0.3, 0.4) is 0 Å². The van der Waals surface area contributed by atoms with Gasteiger partial charge in [-0.15, -0.1) is 0 Å². The Morgan fingerprint density at radius 1 is 1.31 bits per heavy atom. The zero-order valence-corrected chi connectivity index (χ0v) is 16.2. The summed E-state index contributed by atoms with van der Waals surface area (Å²) in [6, 6.07) is 7.12. The highest BCUT2D eigenvalue weighted by Crippen LogP contribution is 2.33. The summed E-state index contributed by atoms with van der Waals surface area (Å²) in [7, 11) is 0. The molecule has 1 aliphatic heterocycles. The van der Waals surface area contributed by atoms with Gasteiger partial charge in [-0.3, -0.25) is 9.69 Å². The largest absolute Gasteiger partial charge is 0.442 e. The topological polar surface area (TPSA) is 58.6 Å². The van der Waals surface area contributed by atoms with Crippen LogP contribution in [0.15, 0.2) is 24.3 Å². The summed E-state index contributed by atoms with van der Waals surface area (Å²) in [6.45, 7) is 5.28. The van der Waals surface area contributed by atoms with E-state index >= 15 is 0 Å². The second-order valence-corrected chi connectivity index (χ2v) is 8.13. The molecule has 0 aromatic heterocycles. The lowest BCUT2D eigenvalue weighted by Crippen LogP contribution is -2.39. The van der Waals surface area contributed by atoms with Crippen LogP contribution in [0.2, 0.25) is 5.02 Å². The van der Waals surface area contributed by atoms with Crippen molar-refractivity contribution in [3.05, 3.63) is 29.3 Å². The normalized spacial score (nSPS) is 26.1. The molecule has 1 N–H and O–H groups in total. The molecule has 2 amide bonds. The molecule has 1 aromatic rings. The first-order valence-electron chi connectivity index (χ1n) is 9.45. The van der Waals surface area contributed by atoms with Crippen molar-refractivity contribution in [3.8, 4) is 0 Å². The van der Waals surface area contributed by atoms with Gasteiger partial charge in [0.25, 0.3) is 0 Å². The van der Waals surface area contributed by atoms with Gasteiger partial charge in [0.1, 0.15) is 6.10 Å². The third-order valence-electron chi connectivity index (χ3n) is 5.58. The summed E-state index contributed by atoms with van der Waals surface area (Å²) in [6.07, 6.45) is 3.41. The summed E-state index contributed by atoms with van der Waals surface area (Å²) < 4.78 is 5.38. The Morgan fingerprint density at radius 2 is 2.04 bits per heavy atom. The van der Waals surface area contributed by atoms with Gasteiger partial charge in [-0.05, 0) is 55.7 Å². The minimum Gasteiger partial charge on any atom is -0.442 e. The number of nitrogens with zero attached hydrogens (tertiary/aromatic N) is 1. The molecule has 5 nitrogen and oxygen atoms in total. The quantitative estimate of drug-likeness (QED) is 0.833. The number of anilines is 1. The molecule has 1 atom stereocenters. The smallest absolute Gasteiger partial charge is 0.414 e. The molecule has 3 rings (SSSR count). The number of amides is 2. The minimum atomic E-state index is -0.399. The zero-order valence-electron chi connectivity index (χ0n) is 15.4. The van der Waals surface area contributed by atoms with Crippen LogP contribution in [0, 0.1) is 17.8 Å². The van der Waals surface area contributed by atoms with E-state index < -0.39 is 6.09 Å². The lowest BCUT2D eigenvalue weighted by Gasteiger charge is -2.30. The molecule has 0 spiro atoms. The first-order chi connectivity index (χ1) is 12.4. The van der Waals surface area contributed by atoms with E-state index in [1.807, 2.05) is 6.07 Å². The molecule has 1 aromatic carbocycles. The fourth-order valence-corrected chi connectivity index (χ4v) is 4.07. The predicted molar refractivity (Wildman–Crippen MR) is 102 cm³/mol. The summed E-state index contributed by atoms with van der Waals surface area (Å²) in [5.41, 5.74) is 0.711. The number of halogens is 1. The second-order valence-electron chi connectivity index (χ2n) is 7.70. The summed E-state index contributed by atoms with van der Waals surface area (Å²) in [5.74, 6) is 1.60. The standard InChI is InChI=1S/C20H27ClN2O3/c1-13(2)14-6-8-15(9-7-14)19(24)22-11-18-12-23(20(25)26-18)17-5-3-4-16(21)10-17/h3-5,10,13-15,18H,6-9,11-12H2,1-2H3,(H,22,24). The molecule has 1 heterocycles. The van der Waals surface area contributed by atoms with E-state index in [9.17, 15) is 9.59 Å². The summed E-state index contributed by atoms with van der Waals surface area (Å²) >= 11 is 5.99. The van der Waals surface area contributed by atoms with Gasteiger partial charge in [-0.1, -0.05) is 31.5 Å². The van der Waals surface area contributed by atoms with E-state index in [2.05, 4.69) is 19.2 Å². The predicted octanol–water partition coefficient (Wildman–Crippen LogP) is 4.24. The Morgan fingerprint density at radius 3 is 2.69 bits per heavy atom. The third kappa shape index (κ3) is 4.50. The van der Waals surface area contributed by atoms with Crippen molar-refractivity contribution < 1.29 is 14.3 Å².